The van der Waals surface area contributed by atoms with Crippen molar-refractivity contribution in [3.63, 3.8) is 0 Å². The number of hydrogen-bond acceptors (Lipinski definition) is 8. The highest BCUT2D eigenvalue weighted by molar-refractivity contribution is 7.98. The first-order valence-electron chi connectivity index (χ1n) is 8.45. The highest BCUT2D eigenvalue weighted by atomic mass is 32.2. The molecule has 0 aliphatic heterocycles. The third-order valence-corrected chi connectivity index (χ3v) is 6.29. The van der Waals surface area contributed by atoms with Crippen molar-refractivity contribution in [3.8, 4) is 0 Å². The van der Waals surface area contributed by atoms with Crippen LogP contribution in [0.5, 0.6) is 0 Å². The van der Waals surface area contributed by atoms with Gasteiger partial charge >= 0.3 is 0 Å². The van der Waals surface area contributed by atoms with Crippen molar-refractivity contribution < 1.29 is 4.52 Å². The molecular formula is C17H21N5OS2. The highest BCUT2D eigenvalue weighted by Gasteiger charge is 2.23. The maximum absolute atomic E-state index is 6.25. The van der Waals surface area contributed by atoms with Crippen molar-refractivity contribution >= 4 is 39.1 Å². The number of anilines is 1. The van der Waals surface area contributed by atoms with Crippen molar-refractivity contribution in [1.82, 2.24) is 20.1 Å². The molecule has 3 aromatic rings. The summed E-state index contributed by atoms with van der Waals surface area (Å²) in [6.07, 6.45) is 4.70. The molecule has 0 saturated carbocycles. The molecule has 0 spiro atoms. The summed E-state index contributed by atoms with van der Waals surface area (Å²) in [5.74, 6) is 2.46. The van der Waals surface area contributed by atoms with Gasteiger partial charge in [0.2, 0.25) is 5.89 Å². The Bertz CT molecular complexity index is 925. The smallest absolute Gasteiger partial charge is 0.232 e. The lowest BCUT2D eigenvalue weighted by atomic mass is 9.97. The number of hydrogen-bond donors (Lipinski definition) is 1. The average Bonchev–Trinajstić information content (AvgIpc) is 3.17. The van der Waals surface area contributed by atoms with E-state index in [1.807, 2.05) is 20.8 Å². The molecule has 0 aromatic carbocycles. The summed E-state index contributed by atoms with van der Waals surface area (Å²) in [7, 11) is 0. The minimum absolute atomic E-state index is 0.147. The zero-order chi connectivity index (χ0) is 17.6. The van der Waals surface area contributed by atoms with Crippen LogP contribution in [0.3, 0.4) is 0 Å². The van der Waals surface area contributed by atoms with Crippen LogP contribution in [0.15, 0.2) is 9.68 Å². The van der Waals surface area contributed by atoms with Gasteiger partial charge in [-0.2, -0.15) is 4.98 Å². The van der Waals surface area contributed by atoms with Gasteiger partial charge in [-0.25, -0.2) is 9.97 Å². The van der Waals surface area contributed by atoms with Gasteiger partial charge < -0.3 is 10.3 Å². The Morgan fingerprint density at radius 3 is 2.72 bits per heavy atom. The number of aromatic nitrogens is 4. The van der Waals surface area contributed by atoms with Crippen molar-refractivity contribution in [2.75, 3.05) is 5.73 Å². The number of nitrogen functional groups attached to an aromatic ring is 1. The van der Waals surface area contributed by atoms with E-state index in [9.17, 15) is 0 Å². The fourth-order valence-corrected chi connectivity index (χ4v) is 5.00. The zero-order valence-corrected chi connectivity index (χ0v) is 16.3. The standard InChI is InChI=1S/C17H21N5OS2/c1-17(2,3)15-19-11(22-23-15)8-24-16-20-13(18)12-9-6-4-5-7-10(9)25-14(12)21-16/h4-8H2,1-3H3,(H2,18,20,21). The fourth-order valence-electron chi connectivity index (χ4n) is 2.98. The van der Waals surface area contributed by atoms with Gasteiger partial charge in [0.15, 0.2) is 11.0 Å². The van der Waals surface area contributed by atoms with Crippen LogP contribution in [0, 0.1) is 0 Å². The van der Waals surface area contributed by atoms with Crippen LogP contribution in [-0.2, 0) is 24.0 Å². The third kappa shape index (κ3) is 3.25. The minimum Gasteiger partial charge on any atom is -0.383 e. The van der Waals surface area contributed by atoms with Crippen LogP contribution in [0.1, 0.15) is 55.8 Å². The van der Waals surface area contributed by atoms with E-state index in [2.05, 4.69) is 15.1 Å². The number of thioether (sulfide) groups is 1. The first-order valence-corrected chi connectivity index (χ1v) is 10.3. The second kappa shape index (κ2) is 6.25. The summed E-state index contributed by atoms with van der Waals surface area (Å²) in [6, 6.07) is 0. The Hall–Kier alpha value is -1.67. The van der Waals surface area contributed by atoms with Gasteiger partial charge in [-0.1, -0.05) is 37.7 Å². The van der Waals surface area contributed by atoms with Gasteiger partial charge in [0.25, 0.3) is 0 Å². The molecule has 0 amide bonds. The highest BCUT2D eigenvalue weighted by Crippen LogP contribution is 2.38. The number of thiophene rings is 1. The lowest BCUT2D eigenvalue weighted by molar-refractivity contribution is 0.319. The summed E-state index contributed by atoms with van der Waals surface area (Å²) in [5, 5.41) is 5.78. The summed E-state index contributed by atoms with van der Waals surface area (Å²) in [6.45, 7) is 6.15. The van der Waals surface area contributed by atoms with E-state index < -0.39 is 0 Å². The van der Waals surface area contributed by atoms with E-state index in [1.54, 1.807) is 11.3 Å². The first-order chi connectivity index (χ1) is 11.9. The normalized spacial score (nSPS) is 14.8. The van der Waals surface area contributed by atoms with Crippen molar-refractivity contribution in [2.24, 2.45) is 0 Å². The van der Waals surface area contributed by atoms with E-state index in [-0.39, 0.29) is 5.41 Å². The van der Waals surface area contributed by atoms with Gasteiger partial charge in [0.05, 0.1) is 11.1 Å². The van der Waals surface area contributed by atoms with E-state index in [4.69, 9.17) is 15.2 Å². The molecule has 132 valence electrons. The Morgan fingerprint density at radius 1 is 1.16 bits per heavy atom. The molecule has 0 fully saturated rings. The first kappa shape index (κ1) is 16.8. The maximum atomic E-state index is 6.25. The molecule has 0 bridgehead atoms. The fraction of sp³-hybridized carbons (Fsp3) is 0.529. The quantitative estimate of drug-likeness (QED) is 0.544. The Morgan fingerprint density at radius 2 is 1.96 bits per heavy atom. The van der Waals surface area contributed by atoms with Gasteiger partial charge in [0.1, 0.15) is 10.6 Å². The monoisotopic (exact) mass is 375 g/mol. The number of nitrogens with two attached hydrogens (primary N) is 1. The summed E-state index contributed by atoms with van der Waals surface area (Å²) in [4.78, 5) is 16.1. The SMILES string of the molecule is CC(C)(C)c1nc(CSc2nc(N)c3c4c(sc3n2)CCCC4)no1. The topological polar surface area (TPSA) is 90.7 Å². The van der Waals surface area contributed by atoms with E-state index in [0.717, 1.165) is 23.1 Å². The molecule has 3 heterocycles. The lowest BCUT2D eigenvalue weighted by Gasteiger charge is -2.10. The molecule has 0 unspecified atom stereocenters. The summed E-state index contributed by atoms with van der Waals surface area (Å²) >= 11 is 3.25. The Labute approximate surface area is 154 Å². The summed E-state index contributed by atoms with van der Waals surface area (Å²) < 4.78 is 5.33. The average molecular weight is 376 g/mol. The molecule has 3 aromatic heterocycles. The third-order valence-electron chi connectivity index (χ3n) is 4.26. The van der Waals surface area contributed by atoms with Crippen LogP contribution in [-0.4, -0.2) is 20.1 Å². The van der Waals surface area contributed by atoms with Crippen molar-refractivity contribution in [1.29, 1.82) is 0 Å². The van der Waals surface area contributed by atoms with Crippen molar-refractivity contribution in [2.45, 2.75) is 62.8 Å². The number of rotatable bonds is 3. The Kier molecular flexibility index (Phi) is 4.19. The van der Waals surface area contributed by atoms with Crippen LogP contribution >= 0.6 is 23.1 Å². The van der Waals surface area contributed by atoms with Gasteiger partial charge in [-0.05, 0) is 31.2 Å². The van der Waals surface area contributed by atoms with Gasteiger partial charge in [0, 0.05) is 10.3 Å². The van der Waals surface area contributed by atoms with E-state index in [0.29, 0.717) is 28.4 Å². The van der Waals surface area contributed by atoms with Crippen LogP contribution in [0.25, 0.3) is 10.2 Å². The van der Waals surface area contributed by atoms with E-state index >= 15 is 0 Å². The van der Waals surface area contributed by atoms with Gasteiger partial charge in [-0.3, -0.25) is 0 Å². The molecule has 2 N–H and O–H groups in total. The molecule has 1 aliphatic rings. The second-order valence-corrected chi connectivity index (χ2v) is 9.36. The molecule has 0 radical (unpaired) electrons. The molecule has 1 aliphatic carbocycles. The number of nitrogens with zero attached hydrogens (tertiary/aromatic N) is 4. The predicted octanol–water partition coefficient (Wildman–Crippen LogP) is 4.13. The second-order valence-electron chi connectivity index (χ2n) is 7.34. The predicted molar refractivity (Wildman–Crippen MR) is 101 cm³/mol. The summed E-state index contributed by atoms with van der Waals surface area (Å²) in [5.41, 5.74) is 7.47. The number of aryl methyl sites for hydroxylation is 2. The van der Waals surface area contributed by atoms with Crippen LogP contribution in [0.4, 0.5) is 5.82 Å². The molecule has 8 heteroatoms. The van der Waals surface area contributed by atoms with Crippen molar-refractivity contribution in [3.05, 3.63) is 22.2 Å². The molecule has 0 atom stereocenters. The maximum Gasteiger partial charge on any atom is 0.232 e. The zero-order valence-electron chi connectivity index (χ0n) is 14.6. The molecule has 25 heavy (non-hydrogen) atoms. The van der Waals surface area contributed by atoms with Crippen LogP contribution < -0.4 is 5.73 Å². The number of fused-ring (bicyclic) bond motifs is 3. The largest absolute Gasteiger partial charge is 0.383 e. The van der Waals surface area contributed by atoms with Crippen LogP contribution in [0.2, 0.25) is 0 Å². The lowest BCUT2D eigenvalue weighted by Crippen LogP contribution is -2.11. The molecule has 4 rings (SSSR count). The molecular weight excluding hydrogens is 354 g/mol. The Balaban J connectivity index is 1.57. The molecule has 6 nitrogen and oxygen atoms in total. The molecule has 0 saturated heterocycles. The van der Waals surface area contributed by atoms with Gasteiger partial charge in [-0.15, -0.1) is 11.3 Å². The van der Waals surface area contributed by atoms with E-state index in [1.165, 1.54) is 35.0 Å². The minimum atomic E-state index is -0.147.